The van der Waals surface area contributed by atoms with E-state index in [1.165, 1.54) is 29.8 Å². The summed E-state index contributed by atoms with van der Waals surface area (Å²) < 4.78 is 27.1. The number of thiazole rings is 1. The van der Waals surface area contributed by atoms with Crippen molar-refractivity contribution in [1.82, 2.24) is 15.3 Å². The summed E-state index contributed by atoms with van der Waals surface area (Å²) in [4.78, 5) is 11.3. The molecule has 34 heavy (non-hydrogen) atoms. The average Bonchev–Trinajstić information content (AvgIpc) is 3.20. The molecule has 0 spiro atoms. The van der Waals surface area contributed by atoms with Gasteiger partial charge in [0, 0.05) is 10.9 Å². The van der Waals surface area contributed by atoms with Crippen molar-refractivity contribution in [2.45, 2.75) is 94.2 Å². The lowest BCUT2D eigenvalue weighted by Gasteiger charge is -2.28. The first-order chi connectivity index (χ1) is 16.3. The Morgan fingerprint density at radius 3 is 2.53 bits per heavy atom. The Kier molecular flexibility index (Phi) is 6.88. The molecular weight excluding hydrogens is 466 g/mol. The van der Waals surface area contributed by atoms with Gasteiger partial charge in [-0.05, 0) is 75.6 Å². The predicted molar refractivity (Wildman–Crippen MR) is 139 cm³/mol. The van der Waals surface area contributed by atoms with Crippen LogP contribution in [0.4, 0.5) is 16.8 Å². The fourth-order valence-electron chi connectivity index (χ4n) is 5.42. The number of fused-ring (bicyclic) bond motifs is 1. The highest BCUT2D eigenvalue weighted by molar-refractivity contribution is 7.92. The number of rotatable bonds is 6. The van der Waals surface area contributed by atoms with E-state index in [-0.39, 0.29) is 5.25 Å². The van der Waals surface area contributed by atoms with Gasteiger partial charge < -0.3 is 16.0 Å². The van der Waals surface area contributed by atoms with Crippen LogP contribution in [0.2, 0.25) is 0 Å². The minimum atomic E-state index is -3.43. The number of hydrogen-bond acceptors (Lipinski definition) is 8. The molecule has 2 aliphatic carbocycles. The van der Waals surface area contributed by atoms with Crippen molar-refractivity contribution in [3.05, 3.63) is 22.7 Å². The summed E-state index contributed by atoms with van der Waals surface area (Å²) in [5.41, 5.74) is 1.47. The van der Waals surface area contributed by atoms with Crippen LogP contribution in [-0.4, -0.2) is 42.8 Å². The van der Waals surface area contributed by atoms with Crippen LogP contribution in [0.25, 0.3) is 0 Å². The molecule has 1 aliphatic heterocycles. The number of piperidine rings is 1. The Bertz CT molecular complexity index is 1120. The highest BCUT2D eigenvalue weighted by Crippen LogP contribution is 2.39. The molecule has 1 saturated carbocycles. The number of nitrogens with one attached hydrogen (secondary N) is 3. The summed E-state index contributed by atoms with van der Waals surface area (Å²) in [6, 6.07) is 3.79. The standard InChI is InChI=1S/C25H37N5O2S2/c1-25(2)11-8-20-21(16-25)33-24(28-20)30-23-15-19(34(31,32)18-9-12-26-13-10-18)14-22(29-23)27-17-6-4-3-5-7-17/h14-15,17-18,26H,3-13,16H2,1-2H3,(H2,27,28,29,30). The molecule has 7 nitrogen and oxygen atoms in total. The van der Waals surface area contributed by atoms with E-state index in [2.05, 4.69) is 29.8 Å². The van der Waals surface area contributed by atoms with Gasteiger partial charge >= 0.3 is 0 Å². The molecule has 5 rings (SSSR count). The van der Waals surface area contributed by atoms with Gasteiger partial charge in [-0.2, -0.15) is 0 Å². The van der Waals surface area contributed by atoms with Gasteiger partial charge in [0.2, 0.25) is 0 Å². The molecule has 9 heteroatoms. The van der Waals surface area contributed by atoms with Crippen molar-refractivity contribution < 1.29 is 8.42 Å². The summed E-state index contributed by atoms with van der Waals surface area (Å²) in [6.07, 6.45) is 10.3. The van der Waals surface area contributed by atoms with Crippen molar-refractivity contribution in [2.24, 2.45) is 5.41 Å². The Morgan fingerprint density at radius 1 is 1.03 bits per heavy atom. The third-order valence-electron chi connectivity index (χ3n) is 7.50. The molecule has 0 amide bonds. The van der Waals surface area contributed by atoms with Crippen LogP contribution >= 0.6 is 11.3 Å². The second-order valence-electron chi connectivity index (χ2n) is 10.9. The number of nitrogens with zero attached hydrogens (tertiary/aromatic N) is 2. The highest BCUT2D eigenvalue weighted by atomic mass is 32.2. The zero-order valence-electron chi connectivity index (χ0n) is 20.3. The molecule has 0 unspecified atom stereocenters. The van der Waals surface area contributed by atoms with E-state index in [9.17, 15) is 8.42 Å². The zero-order chi connectivity index (χ0) is 23.8. The van der Waals surface area contributed by atoms with Crippen LogP contribution in [0.1, 0.15) is 75.8 Å². The Balaban J connectivity index is 1.44. The lowest BCUT2D eigenvalue weighted by Crippen LogP contribution is -2.35. The van der Waals surface area contributed by atoms with Crippen molar-refractivity contribution >= 4 is 37.9 Å². The zero-order valence-corrected chi connectivity index (χ0v) is 22.0. The first-order valence-electron chi connectivity index (χ1n) is 12.8. The SMILES string of the molecule is CC1(C)CCc2nc(Nc3cc(S(=O)(=O)C4CCNCC4)cc(NC4CCCCC4)n3)sc2C1. The molecule has 2 aromatic heterocycles. The van der Waals surface area contributed by atoms with E-state index in [0.29, 0.717) is 40.8 Å². The maximum atomic E-state index is 13.5. The fraction of sp³-hybridized carbons (Fsp3) is 0.680. The van der Waals surface area contributed by atoms with Crippen molar-refractivity contribution in [3.63, 3.8) is 0 Å². The lowest BCUT2D eigenvalue weighted by atomic mass is 9.79. The summed E-state index contributed by atoms with van der Waals surface area (Å²) in [7, 11) is -3.43. The van der Waals surface area contributed by atoms with Crippen LogP contribution in [0.5, 0.6) is 0 Å². The van der Waals surface area contributed by atoms with E-state index in [1.54, 1.807) is 23.5 Å². The first-order valence-corrected chi connectivity index (χ1v) is 15.1. The molecule has 186 valence electrons. The second-order valence-corrected chi connectivity index (χ2v) is 14.2. The van der Waals surface area contributed by atoms with Crippen molar-refractivity contribution in [2.75, 3.05) is 23.7 Å². The maximum Gasteiger partial charge on any atom is 0.188 e. The smallest absolute Gasteiger partial charge is 0.188 e. The van der Waals surface area contributed by atoms with E-state index < -0.39 is 9.84 Å². The topological polar surface area (TPSA) is 96.0 Å². The number of hydrogen-bond donors (Lipinski definition) is 3. The molecule has 2 aromatic rings. The minimum Gasteiger partial charge on any atom is -0.367 e. The fourth-order valence-corrected chi connectivity index (χ4v) is 8.49. The van der Waals surface area contributed by atoms with Gasteiger partial charge in [0.1, 0.15) is 11.6 Å². The summed E-state index contributed by atoms with van der Waals surface area (Å²) in [5.74, 6) is 1.20. The van der Waals surface area contributed by atoms with Crippen molar-refractivity contribution in [3.8, 4) is 0 Å². The third-order valence-corrected chi connectivity index (χ3v) is 10.8. The Hall–Kier alpha value is -1.71. The van der Waals surface area contributed by atoms with Crippen molar-refractivity contribution in [1.29, 1.82) is 0 Å². The lowest BCUT2D eigenvalue weighted by molar-refractivity contribution is 0.316. The number of aromatic nitrogens is 2. The molecule has 0 radical (unpaired) electrons. The normalized spacial score (nSPS) is 21.7. The summed E-state index contributed by atoms with van der Waals surface area (Å²) in [6.45, 7) is 6.11. The van der Waals surface area contributed by atoms with Crippen LogP contribution in [0.15, 0.2) is 17.0 Å². The number of aryl methyl sites for hydroxylation is 1. The highest BCUT2D eigenvalue weighted by Gasteiger charge is 2.31. The largest absolute Gasteiger partial charge is 0.367 e. The molecule has 0 atom stereocenters. The number of pyridine rings is 1. The van der Waals surface area contributed by atoms with Gasteiger partial charge in [0.15, 0.2) is 15.0 Å². The molecule has 3 aliphatic rings. The van der Waals surface area contributed by atoms with Crippen LogP contribution < -0.4 is 16.0 Å². The summed E-state index contributed by atoms with van der Waals surface area (Å²) >= 11 is 1.68. The van der Waals surface area contributed by atoms with Gasteiger partial charge in [-0.3, -0.25) is 0 Å². The van der Waals surface area contributed by atoms with Gasteiger partial charge in [0.05, 0.1) is 15.8 Å². The Labute approximate surface area is 207 Å². The van der Waals surface area contributed by atoms with E-state index in [1.807, 2.05) is 0 Å². The molecule has 2 fully saturated rings. The molecule has 1 saturated heterocycles. The average molecular weight is 504 g/mol. The van der Waals surface area contributed by atoms with E-state index in [0.717, 1.165) is 50.3 Å². The predicted octanol–water partition coefficient (Wildman–Crippen LogP) is 5.07. The van der Waals surface area contributed by atoms with Crippen LogP contribution in [-0.2, 0) is 22.7 Å². The van der Waals surface area contributed by atoms with Gasteiger partial charge in [0.25, 0.3) is 0 Å². The maximum absolute atomic E-state index is 13.5. The van der Waals surface area contributed by atoms with Gasteiger partial charge in [-0.15, -0.1) is 11.3 Å². The molecule has 0 bridgehead atoms. The number of sulfone groups is 1. The van der Waals surface area contributed by atoms with Gasteiger partial charge in [-0.1, -0.05) is 33.1 Å². The van der Waals surface area contributed by atoms with Crippen LogP contribution in [0.3, 0.4) is 0 Å². The first kappa shape index (κ1) is 24.0. The monoisotopic (exact) mass is 503 g/mol. The molecule has 3 heterocycles. The molecule has 0 aromatic carbocycles. The van der Waals surface area contributed by atoms with Gasteiger partial charge in [-0.25, -0.2) is 18.4 Å². The molecule has 3 N–H and O–H groups in total. The Morgan fingerprint density at radius 2 is 1.76 bits per heavy atom. The summed E-state index contributed by atoms with van der Waals surface area (Å²) in [5, 5.41) is 10.6. The van der Waals surface area contributed by atoms with E-state index >= 15 is 0 Å². The van der Waals surface area contributed by atoms with Crippen LogP contribution in [0, 0.1) is 5.41 Å². The molecular formula is C25H37N5O2S2. The van der Waals surface area contributed by atoms with E-state index in [4.69, 9.17) is 9.97 Å². The number of anilines is 3. The quantitative estimate of drug-likeness (QED) is 0.507. The second kappa shape index (κ2) is 9.74. The third kappa shape index (κ3) is 5.41. The minimum absolute atomic E-state index is 0.301.